The summed E-state index contributed by atoms with van der Waals surface area (Å²) in [5.41, 5.74) is -0.132. The average molecular weight is 302 g/mol. The third kappa shape index (κ3) is 3.14. The molecule has 0 fully saturated rings. The molecule has 0 bridgehead atoms. The van der Waals surface area contributed by atoms with Gasteiger partial charge in [-0.2, -0.15) is 10.5 Å². The Hall–Kier alpha value is -2.97. The molecular formula is C13H7FN4O2S. The van der Waals surface area contributed by atoms with E-state index in [4.69, 9.17) is 10.5 Å². The minimum Gasteiger partial charge on any atom is -0.280 e. The summed E-state index contributed by atoms with van der Waals surface area (Å²) in [6.07, 6.45) is 1.04. The van der Waals surface area contributed by atoms with Crippen molar-refractivity contribution in [1.29, 1.82) is 10.5 Å². The van der Waals surface area contributed by atoms with E-state index in [-0.39, 0.29) is 21.8 Å². The lowest BCUT2D eigenvalue weighted by Crippen LogP contribution is -2.13. The lowest BCUT2D eigenvalue weighted by atomic mass is 10.2. The van der Waals surface area contributed by atoms with Gasteiger partial charge in [-0.25, -0.2) is 17.8 Å². The number of hydrogen-bond donors (Lipinski definition) is 1. The zero-order chi connectivity index (χ0) is 15.5. The fourth-order valence-electron chi connectivity index (χ4n) is 1.49. The summed E-state index contributed by atoms with van der Waals surface area (Å²) in [6, 6.07) is 9.16. The second-order valence-corrected chi connectivity index (χ2v) is 5.59. The highest BCUT2D eigenvalue weighted by atomic mass is 32.2. The van der Waals surface area contributed by atoms with E-state index >= 15 is 0 Å². The number of rotatable bonds is 3. The van der Waals surface area contributed by atoms with Gasteiger partial charge in [0, 0.05) is 6.20 Å². The van der Waals surface area contributed by atoms with Crippen molar-refractivity contribution in [3.05, 3.63) is 53.6 Å². The third-order valence-corrected chi connectivity index (χ3v) is 3.87. The van der Waals surface area contributed by atoms with Crippen LogP contribution >= 0.6 is 0 Å². The second-order valence-electron chi connectivity index (χ2n) is 3.90. The summed E-state index contributed by atoms with van der Waals surface area (Å²) in [6.45, 7) is 0. The second kappa shape index (κ2) is 5.57. The molecule has 0 spiro atoms. The predicted octanol–water partition coefficient (Wildman–Crippen LogP) is 1.76. The lowest BCUT2D eigenvalue weighted by Gasteiger charge is -2.08. The largest absolute Gasteiger partial charge is 0.280 e. The van der Waals surface area contributed by atoms with Crippen LogP contribution in [0.25, 0.3) is 0 Å². The Morgan fingerprint density at radius 3 is 2.48 bits per heavy atom. The van der Waals surface area contributed by atoms with Crippen LogP contribution in [0.4, 0.5) is 10.1 Å². The first-order valence-electron chi connectivity index (χ1n) is 5.55. The molecule has 2 aromatic rings. The van der Waals surface area contributed by atoms with Crippen LogP contribution in [0.2, 0.25) is 0 Å². The number of nitriles is 2. The molecule has 0 saturated carbocycles. The normalized spacial score (nSPS) is 10.4. The average Bonchev–Trinajstić information content (AvgIpc) is 2.49. The van der Waals surface area contributed by atoms with Gasteiger partial charge in [0.1, 0.15) is 28.5 Å². The Labute approximate surface area is 120 Å². The number of sulfonamides is 1. The van der Waals surface area contributed by atoms with Gasteiger partial charge in [0.05, 0.1) is 11.3 Å². The molecule has 8 heteroatoms. The standard InChI is InChI=1S/C13H7FN4O2S/c14-13-4-2-10(5-9(13)6-15)18-21(19,20)12-3-1-11(7-16)17-8-12/h1-5,8,18H. The summed E-state index contributed by atoms with van der Waals surface area (Å²) in [5.74, 6) is -0.736. The number of hydrogen-bond acceptors (Lipinski definition) is 5. The van der Waals surface area contributed by atoms with Crippen molar-refractivity contribution in [3.8, 4) is 12.1 Å². The zero-order valence-electron chi connectivity index (χ0n) is 10.4. The molecule has 0 aliphatic rings. The predicted molar refractivity (Wildman–Crippen MR) is 70.9 cm³/mol. The van der Waals surface area contributed by atoms with E-state index in [9.17, 15) is 12.8 Å². The van der Waals surface area contributed by atoms with Gasteiger partial charge in [0.25, 0.3) is 10.0 Å². The van der Waals surface area contributed by atoms with E-state index < -0.39 is 15.8 Å². The van der Waals surface area contributed by atoms with Crippen molar-refractivity contribution >= 4 is 15.7 Å². The van der Waals surface area contributed by atoms with Crippen LogP contribution in [0.1, 0.15) is 11.3 Å². The number of anilines is 1. The Bertz CT molecular complexity index is 865. The molecular weight excluding hydrogens is 295 g/mol. The maximum Gasteiger partial charge on any atom is 0.263 e. The molecule has 0 atom stereocenters. The maximum absolute atomic E-state index is 13.2. The molecule has 6 nitrogen and oxygen atoms in total. The Balaban J connectivity index is 2.33. The van der Waals surface area contributed by atoms with Gasteiger partial charge in [0.2, 0.25) is 0 Å². The van der Waals surface area contributed by atoms with Gasteiger partial charge in [-0.1, -0.05) is 0 Å². The number of aromatic nitrogens is 1. The first-order valence-corrected chi connectivity index (χ1v) is 7.03. The van der Waals surface area contributed by atoms with Crippen LogP contribution in [-0.4, -0.2) is 13.4 Å². The van der Waals surface area contributed by atoms with Gasteiger partial charge in [-0.05, 0) is 30.3 Å². The molecule has 2 rings (SSSR count). The molecule has 0 aliphatic heterocycles. The molecule has 0 unspecified atom stereocenters. The summed E-state index contributed by atoms with van der Waals surface area (Å²) in [5, 5.41) is 17.3. The monoisotopic (exact) mass is 302 g/mol. The molecule has 1 aromatic heterocycles. The third-order valence-electron chi connectivity index (χ3n) is 2.50. The smallest absolute Gasteiger partial charge is 0.263 e. The van der Waals surface area contributed by atoms with E-state index in [0.717, 1.165) is 18.3 Å². The Morgan fingerprint density at radius 1 is 1.14 bits per heavy atom. The molecule has 0 amide bonds. The van der Waals surface area contributed by atoms with E-state index in [1.165, 1.54) is 18.2 Å². The van der Waals surface area contributed by atoms with Crippen molar-refractivity contribution in [2.45, 2.75) is 4.90 Å². The highest BCUT2D eigenvalue weighted by Crippen LogP contribution is 2.18. The molecule has 1 heterocycles. The summed E-state index contributed by atoms with van der Waals surface area (Å²) in [7, 11) is -3.93. The van der Waals surface area contributed by atoms with Crippen LogP contribution < -0.4 is 4.72 Å². The van der Waals surface area contributed by atoms with Crippen molar-refractivity contribution in [3.63, 3.8) is 0 Å². The molecule has 0 saturated heterocycles. The SMILES string of the molecule is N#Cc1ccc(S(=O)(=O)Nc2ccc(F)c(C#N)c2)cn1. The van der Waals surface area contributed by atoms with Crippen LogP contribution in [0.5, 0.6) is 0 Å². The van der Waals surface area contributed by atoms with E-state index in [0.29, 0.717) is 0 Å². The van der Waals surface area contributed by atoms with E-state index in [1.54, 1.807) is 12.1 Å². The van der Waals surface area contributed by atoms with Gasteiger partial charge in [0.15, 0.2) is 0 Å². The fraction of sp³-hybridized carbons (Fsp3) is 0. The Morgan fingerprint density at radius 2 is 1.90 bits per heavy atom. The number of halogens is 1. The topological polar surface area (TPSA) is 107 Å². The number of pyridine rings is 1. The first kappa shape index (κ1) is 14.4. The maximum atomic E-state index is 13.2. The first-order chi connectivity index (χ1) is 9.96. The quantitative estimate of drug-likeness (QED) is 0.929. The van der Waals surface area contributed by atoms with Gasteiger partial charge in [-0.15, -0.1) is 0 Å². The molecule has 21 heavy (non-hydrogen) atoms. The number of benzene rings is 1. The Kier molecular flexibility index (Phi) is 3.83. The van der Waals surface area contributed by atoms with E-state index in [2.05, 4.69) is 9.71 Å². The van der Waals surface area contributed by atoms with Crippen LogP contribution in [0, 0.1) is 28.5 Å². The van der Waals surface area contributed by atoms with Crippen molar-refractivity contribution in [1.82, 2.24) is 4.98 Å². The molecule has 1 N–H and O–H groups in total. The van der Waals surface area contributed by atoms with Crippen molar-refractivity contribution < 1.29 is 12.8 Å². The van der Waals surface area contributed by atoms with Crippen LogP contribution in [-0.2, 0) is 10.0 Å². The minimum absolute atomic E-state index is 0.0531. The summed E-state index contributed by atoms with van der Waals surface area (Å²) in [4.78, 5) is 3.51. The summed E-state index contributed by atoms with van der Waals surface area (Å²) < 4.78 is 39.5. The highest BCUT2D eigenvalue weighted by Gasteiger charge is 2.15. The van der Waals surface area contributed by atoms with Gasteiger partial charge >= 0.3 is 0 Å². The van der Waals surface area contributed by atoms with Gasteiger partial charge < -0.3 is 0 Å². The zero-order valence-corrected chi connectivity index (χ0v) is 11.2. The molecule has 0 aliphatic carbocycles. The minimum atomic E-state index is -3.93. The van der Waals surface area contributed by atoms with Crippen LogP contribution in [0.3, 0.4) is 0 Å². The fourth-order valence-corrected chi connectivity index (χ4v) is 2.49. The van der Waals surface area contributed by atoms with Crippen molar-refractivity contribution in [2.75, 3.05) is 4.72 Å². The molecule has 104 valence electrons. The number of nitrogens with zero attached hydrogens (tertiary/aromatic N) is 3. The van der Waals surface area contributed by atoms with E-state index in [1.807, 2.05) is 0 Å². The number of nitrogens with one attached hydrogen (secondary N) is 1. The van der Waals surface area contributed by atoms with Crippen molar-refractivity contribution in [2.24, 2.45) is 0 Å². The summed E-state index contributed by atoms with van der Waals surface area (Å²) >= 11 is 0. The van der Waals surface area contributed by atoms with Gasteiger partial charge in [-0.3, -0.25) is 4.72 Å². The van der Waals surface area contributed by atoms with Crippen LogP contribution in [0.15, 0.2) is 41.4 Å². The molecule has 1 aromatic carbocycles. The lowest BCUT2D eigenvalue weighted by molar-refractivity contribution is 0.600. The highest BCUT2D eigenvalue weighted by molar-refractivity contribution is 7.92. The molecule has 0 radical (unpaired) electrons.